The van der Waals surface area contributed by atoms with Crippen LogP contribution in [0.4, 0.5) is 11.6 Å². The van der Waals surface area contributed by atoms with Gasteiger partial charge in [-0.25, -0.2) is 4.98 Å². The number of rotatable bonds is 5. The van der Waals surface area contributed by atoms with Crippen molar-refractivity contribution in [2.24, 2.45) is 5.10 Å². The number of nitrogens with one attached hydrogen (secondary N) is 2. The van der Waals surface area contributed by atoms with Crippen molar-refractivity contribution in [3.8, 4) is 5.88 Å². The van der Waals surface area contributed by atoms with Crippen LogP contribution < -0.4 is 15.1 Å². The topological polar surface area (TPSA) is 107 Å². The molecule has 0 spiro atoms. The number of fused-ring (bicyclic) bond motifs is 1. The maximum absolute atomic E-state index is 13.3. The third kappa shape index (κ3) is 4.82. The number of nitrogens with zero attached hydrogens (tertiary/aromatic N) is 5. The van der Waals surface area contributed by atoms with Gasteiger partial charge in [0.25, 0.3) is 5.91 Å². The highest BCUT2D eigenvalue weighted by Gasteiger charge is 2.24. The van der Waals surface area contributed by atoms with E-state index in [0.717, 1.165) is 43.1 Å². The van der Waals surface area contributed by atoms with Gasteiger partial charge in [-0.2, -0.15) is 10.1 Å². The van der Waals surface area contributed by atoms with Gasteiger partial charge >= 0.3 is 0 Å². The van der Waals surface area contributed by atoms with Crippen LogP contribution in [0.25, 0.3) is 0 Å². The summed E-state index contributed by atoms with van der Waals surface area (Å²) < 4.78 is 5.69. The van der Waals surface area contributed by atoms with Crippen molar-refractivity contribution in [1.29, 1.82) is 5.41 Å². The van der Waals surface area contributed by atoms with E-state index in [4.69, 9.17) is 10.1 Å². The molecule has 1 amide bonds. The van der Waals surface area contributed by atoms with Crippen molar-refractivity contribution in [2.75, 3.05) is 43.1 Å². The largest absolute Gasteiger partial charge is 0.477 e. The number of ether oxygens (including phenoxy) is 1. The molecule has 0 radical (unpaired) electrons. The molecule has 9 nitrogen and oxygen atoms in total. The average molecular weight is 422 g/mol. The fraction of sp³-hybridized carbons (Fsp3) is 0.409. The van der Waals surface area contributed by atoms with Crippen LogP contribution in [-0.2, 0) is 6.42 Å². The lowest BCUT2D eigenvalue weighted by Crippen LogP contribution is -2.36. The molecule has 1 saturated heterocycles. The summed E-state index contributed by atoms with van der Waals surface area (Å²) in [6.45, 7) is 5.34. The molecule has 2 aliphatic rings. The van der Waals surface area contributed by atoms with Gasteiger partial charge in [0.05, 0.1) is 24.1 Å². The molecular formula is C22H27N7O2. The van der Waals surface area contributed by atoms with Gasteiger partial charge in [0.1, 0.15) is 0 Å². The molecule has 2 aromatic rings. The highest BCUT2D eigenvalue weighted by Crippen LogP contribution is 2.25. The van der Waals surface area contributed by atoms with E-state index in [1.54, 1.807) is 0 Å². The van der Waals surface area contributed by atoms with Crippen LogP contribution in [0.15, 0.2) is 29.5 Å². The predicted molar refractivity (Wildman–Crippen MR) is 121 cm³/mol. The summed E-state index contributed by atoms with van der Waals surface area (Å²) in [7, 11) is 0. The van der Waals surface area contributed by atoms with Crippen LogP contribution in [0.5, 0.6) is 5.88 Å². The van der Waals surface area contributed by atoms with Crippen molar-refractivity contribution in [2.45, 2.75) is 26.2 Å². The van der Waals surface area contributed by atoms with Crippen molar-refractivity contribution >= 4 is 30.0 Å². The first-order valence-corrected chi connectivity index (χ1v) is 10.6. The van der Waals surface area contributed by atoms with Crippen LogP contribution in [0.1, 0.15) is 34.3 Å². The summed E-state index contributed by atoms with van der Waals surface area (Å²) in [4.78, 5) is 26.5. The van der Waals surface area contributed by atoms with Gasteiger partial charge < -0.3 is 19.9 Å². The molecule has 2 aliphatic heterocycles. The summed E-state index contributed by atoms with van der Waals surface area (Å²) in [5.41, 5.74) is 6.14. The highest BCUT2D eigenvalue weighted by atomic mass is 16.5. The Morgan fingerprint density at radius 2 is 2.16 bits per heavy atom. The second-order valence-corrected chi connectivity index (χ2v) is 7.69. The molecular weight excluding hydrogens is 394 g/mol. The van der Waals surface area contributed by atoms with E-state index >= 15 is 0 Å². The Balaban J connectivity index is 1.48. The molecule has 0 unspecified atom stereocenters. The molecule has 31 heavy (non-hydrogen) atoms. The number of aryl methyl sites for hydroxylation is 2. The van der Waals surface area contributed by atoms with Crippen molar-refractivity contribution in [3.05, 3.63) is 41.1 Å². The Morgan fingerprint density at radius 3 is 3.03 bits per heavy atom. The number of carbonyl (C=O) groups is 1. The maximum atomic E-state index is 13.3. The minimum Gasteiger partial charge on any atom is -0.477 e. The molecule has 162 valence electrons. The first-order chi connectivity index (χ1) is 15.2. The lowest BCUT2D eigenvalue weighted by molar-refractivity contribution is 0.0768. The molecule has 1 aromatic carbocycles. The molecule has 2 N–H and O–H groups in total. The minimum atomic E-state index is -0.0344. The minimum absolute atomic E-state index is 0.0344. The zero-order valence-corrected chi connectivity index (χ0v) is 17.7. The second-order valence-electron chi connectivity index (χ2n) is 7.69. The third-order valence-electron chi connectivity index (χ3n) is 5.45. The number of aromatic nitrogens is 2. The van der Waals surface area contributed by atoms with E-state index in [1.807, 2.05) is 36.2 Å². The molecule has 3 heterocycles. The number of benzene rings is 1. The van der Waals surface area contributed by atoms with Gasteiger partial charge in [-0.05, 0) is 38.3 Å². The summed E-state index contributed by atoms with van der Waals surface area (Å²) >= 11 is 0. The Hall–Kier alpha value is -3.49. The Kier molecular flexibility index (Phi) is 6.40. The zero-order chi connectivity index (χ0) is 21.6. The number of hydrogen-bond acceptors (Lipinski definition) is 8. The first kappa shape index (κ1) is 20.8. The van der Waals surface area contributed by atoms with Gasteiger partial charge in [-0.3, -0.25) is 10.2 Å². The first-order valence-electron chi connectivity index (χ1n) is 10.6. The van der Waals surface area contributed by atoms with Gasteiger partial charge in [0, 0.05) is 44.2 Å². The van der Waals surface area contributed by atoms with Crippen LogP contribution in [0.2, 0.25) is 0 Å². The Labute approximate surface area is 181 Å². The number of hydrogen-bond donors (Lipinski definition) is 2. The van der Waals surface area contributed by atoms with E-state index in [2.05, 4.69) is 25.4 Å². The fourth-order valence-corrected chi connectivity index (χ4v) is 3.83. The molecule has 9 heteroatoms. The third-order valence-corrected chi connectivity index (χ3v) is 5.45. The fourth-order valence-electron chi connectivity index (χ4n) is 3.83. The summed E-state index contributed by atoms with van der Waals surface area (Å²) in [6, 6.07) is 5.64. The second kappa shape index (κ2) is 9.55. The summed E-state index contributed by atoms with van der Waals surface area (Å²) in [5.74, 6) is 1.32. The number of carbonyl (C=O) groups excluding carboxylic acids is 1. The Bertz CT molecular complexity index is 992. The molecule has 1 fully saturated rings. The van der Waals surface area contributed by atoms with Crippen LogP contribution in [-0.4, -0.2) is 66.0 Å². The quantitative estimate of drug-likeness (QED) is 0.567. The zero-order valence-electron chi connectivity index (χ0n) is 17.7. The SMILES string of the molecule is Cc1ccc(N/N=C\C=N)c(C(=O)N2CCCN(c3ncc4c(n3)OCCC4)CC2)c1. The molecule has 0 saturated carbocycles. The molecule has 4 rings (SSSR count). The van der Waals surface area contributed by atoms with Crippen molar-refractivity contribution in [3.63, 3.8) is 0 Å². The monoisotopic (exact) mass is 421 g/mol. The number of anilines is 2. The van der Waals surface area contributed by atoms with E-state index in [9.17, 15) is 4.79 Å². The van der Waals surface area contributed by atoms with Crippen LogP contribution in [0.3, 0.4) is 0 Å². The van der Waals surface area contributed by atoms with Gasteiger partial charge in [-0.1, -0.05) is 11.6 Å². The summed E-state index contributed by atoms with van der Waals surface area (Å²) in [6.07, 6.45) is 7.06. The van der Waals surface area contributed by atoms with E-state index in [1.165, 1.54) is 6.21 Å². The van der Waals surface area contributed by atoms with Crippen LogP contribution >= 0.6 is 0 Å². The van der Waals surface area contributed by atoms with Gasteiger partial charge in [0.2, 0.25) is 11.8 Å². The normalized spacial score (nSPS) is 16.4. The van der Waals surface area contributed by atoms with E-state index < -0.39 is 0 Å². The lowest BCUT2D eigenvalue weighted by atomic mass is 10.1. The van der Waals surface area contributed by atoms with E-state index in [-0.39, 0.29) is 5.91 Å². The number of amides is 1. The molecule has 0 bridgehead atoms. The smallest absolute Gasteiger partial charge is 0.256 e. The predicted octanol–water partition coefficient (Wildman–Crippen LogP) is 2.51. The van der Waals surface area contributed by atoms with Crippen LogP contribution in [0, 0.1) is 12.3 Å². The maximum Gasteiger partial charge on any atom is 0.256 e. The van der Waals surface area contributed by atoms with Gasteiger partial charge in [0.15, 0.2) is 0 Å². The lowest BCUT2D eigenvalue weighted by Gasteiger charge is -2.24. The molecule has 0 atom stereocenters. The summed E-state index contributed by atoms with van der Waals surface area (Å²) in [5, 5.41) is 11.0. The standard InChI is InChI=1S/C22H27N7O2/c1-16-5-6-19(27-25-8-7-23)18(14-16)21(30)28-9-3-10-29(12-11-28)22-24-15-17-4-2-13-31-20(17)26-22/h5-8,14-15,23,27H,2-4,9-13H2,1H3/b23-7?,25-8-. The molecule has 0 aliphatic carbocycles. The number of hydrazone groups is 1. The average Bonchev–Trinajstić information content (AvgIpc) is 3.06. The highest BCUT2D eigenvalue weighted by molar-refractivity contribution is 6.14. The van der Waals surface area contributed by atoms with E-state index in [0.29, 0.717) is 49.3 Å². The van der Waals surface area contributed by atoms with Gasteiger partial charge in [-0.15, -0.1) is 0 Å². The Morgan fingerprint density at radius 1 is 1.26 bits per heavy atom. The van der Waals surface area contributed by atoms with Crippen molar-refractivity contribution in [1.82, 2.24) is 14.9 Å². The molecule has 1 aromatic heterocycles. The van der Waals surface area contributed by atoms with Crippen molar-refractivity contribution < 1.29 is 9.53 Å².